The smallest absolute Gasteiger partial charge is 0.275 e. The number of nitrogens with one attached hydrogen (secondary N) is 1. The summed E-state index contributed by atoms with van der Waals surface area (Å²) in [6.07, 6.45) is 1.57. The Labute approximate surface area is 130 Å². The largest absolute Gasteiger partial charge is 0.493 e. The van der Waals surface area contributed by atoms with E-state index in [9.17, 15) is 4.79 Å². The van der Waals surface area contributed by atoms with E-state index in [2.05, 4.69) is 15.4 Å². The summed E-state index contributed by atoms with van der Waals surface area (Å²) in [6, 6.07) is 5.27. The van der Waals surface area contributed by atoms with Crippen molar-refractivity contribution in [3.63, 3.8) is 0 Å². The number of nitrogens with zero attached hydrogens (tertiary/aromatic N) is 3. The highest BCUT2D eigenvalue weighted by Gasteiger charge is 2.14. The Balaban J connectivity index is 1.92. The summed E-state index contributed by atoms with van der Waals surface area (Å²) in [4.78, 5) is 16.6. The first-order valence-corrected chi connectivity index (χ1v) is 7.26. The van der Waals surface area contributed by atoms with Gasteiger partial charge < -0.3 is 9.47 Å². The van der Waals surface area contributed by atoms with E-state index < -0.39 is 0 Å². The molecule has 0 aliphatic carbocycles. The van der Waals surface area contributed by atoms with Gasteiger partial charge in [0.25, 0.3) is 5.91 Å². The van der Waals surface area contributed by atoms with Crippen LogP contribution >= 0.6 is 11.3 Å². The van der Waals surface area contributed by atoms with Crippen molar-refractivity contribution in [2.45, 2.75) is 0 Å². The van der Waals surface area contributed by atoms with E-state index in [0.29, 0.717) is 22.3 Å². The van der Waals surface area contributed by atoms with Gasteiger partial charge in [-0.3, -0.25) is 14.8 Å². The molecule has 3 rings (SSSR count). The Morgan fingerprint density at radius 1 is 1.27 bits per heavy atom. The minimum absolute atomic E-state index is 0.252. The van der Waals surface area contributed by atoms with Gasteiger partial charge in [-0.25, -0.2) is 4.98 Å². The topological polar surface area (TPSA) is 78.3 Å². The number of hydrogen-bond acceptors (Lipinski definition) is 6. The molecule has 0 saturated carbocycles. The van der Waals surface area contributed by atoms with Crippen LogP contribution in [-0.2, 0) is 7.05 Å². The van der Waals surface area contributed by atoms with E-state index in [0.717, 1.165) is 10.2 Å². The molecule has 0 atom stereocenters. The predicted molar refractivity (Wildman–Crippen MR) is 83.9 cm³/mol. The molecule has 0 unspecified atom stereocenters. The summed E-state index contributed by atoms with van der Waals surface area (Å²) < 4.78 is 12.9. The number of anilines is 1. The van der Waals surface area contributed by atoms with Crippen molar-refractivity contribution in [1.82, 2.24) is 14.8 Å². The number of carbonyl (C=O) groups is 1. The van der Waals surface area contributed by atoms with Gasteiger partial charge in [-0.05, 0) is 6.07 Å². The molecule has 0 saturated heterocycles. The van der Waals surface area contributed by atoms with Gasteiger partial charge in [0.15, 0.2) is 16.6 Å². The highest BCUT2D eigenvalue weighted by Crippen LogP contribution is 2.36. The lowest BCUT2D eigenvalue weighted by Crippen LogP contribution is -2.15. The molecule has 114 valence electrons. The molecule has 0 spiro atoms. The SMILES string of the molecule is COc1cc2nc(NC(=O)c3ccnn3C)sc2cc1OC. The Hall–Kier alpha value is -2.61. The molecule has 0 fully saturated rings. The maximum absolute atomic E-state index is 12.2. The number of amides is 1. The Kier molecular flexibility index (Phi) is 3.68. The van der Waals surface area contributed by atoms with Crippen molar-refractivity contribution in [3.05, 3.63) is 30.1 Å². The van der Waals surface area contributed by atoms with Crippen molar-refractivity contribution in [2.75, 3.05) is 19.5 Å². The molecule has 0 aliphatic rings. The Morgan fingerprint density at radius 2 is 2.00 bits per heavy atom. The van der Waals surface area contributed by atoms with Gasteiger partial charge in [-0.2, -0.15) is 5.10 Å². The average Bonchev–Trinajstić information content (AvgIpc) is 3.10. The van der Waals surface area contributed by atoms with E-state index in [4.69, 9.17) is 9.47 Å². The van der Waals surface area contributed by atoms with Crippen molar-refractivity contribution < 1.29 is 14.3 Å². The van der Waals surface area contributed by atoms with Gasteiger partial charge in [0.2, 0.25) is 0 Å². The zero-order valence-corrected chi connectivity index (χ0v) is 13.1. The summed E-state index contributed by atoms with van der Waals surface area (Å²) in [7, 11) is 4.86. The van der Waals surface area contributed by atoms with Gasteiger partial charge in [-0.1, -0.05) is 11.3 Å². The number of aryl methyl sites for hydroxylation is 1. The quantitative estimate of drug-likeness (QED) is 0.798. The Morgan fingerprint density at radius 3 is 2.64 bits per heavy atom. The highest BCUT2D eigenvalue weighted by atomic mass is 32.1. The van der Waals surface area contributed by atoms with Crippen molar-refractivity contribution in [3.8, 4) is 11.5 Å². The molecule has 7 nitrogen and oxygen atoms in total. The minimum atomic E-state index is -0.252. The standard InChI is InChI=1S/C14H14N4O3S/c1-18-9(4-5-15-18)13(19)17-14-16-8-6-10(20-2)11(21-3)7-12(8)22-14/h4-7H,1-3H3,(H,16,17,19). The van der Waals surface area contributed by atoms with E-state index >= 15 is 0 Å². The average molecular weight is 318 g/mol. The van der Waals surface area contributed by atoms with E-state index in [1.807, 2.05) is 6.07 Å². The third-order valence-electron chi connectivity index (χ3n) is 3.17. The molecule has 3 aromatic rings. The number of hydrogen-bond donors (Lipinski definition) is 1. The molecule has 0 radical (unpaired) electrons. The number of ether oxygens (including phenoxy) is 2. The molecule has 0 bridgehead atoms. The summed E-state index contributed by atoms with van der Waals surface area (Å²) in [5.74, 6) is 0.978. The number of carbonyl (C=O) groups excluding carboxylic acids is 1. The molecule has 1 amide bonds. The molecule has 8 heteroatoms. The first-order chi connectivity index (χ1) is 10.6. The number of aromatic nitrogens is 3. The second-order valence-electron chi connectivity index (χ2n) is 4.49. The zero-order valence-electron chi connectivity index (χ0n) is 12.3. The normalized spacial score (nSPS) is 10.7. The van der Waals surface area contributed by atoms with Crippen LogP contribution in [0.5, 0.6) is 11.5 Å². The molecule has 22 heavy (non-hydrogen) atoms. The number of rotatable bonds is 4. The summed E-state index contributed by atoms with van der Waals surface area (Å²) in [5, 5.41) is 7.26. The fourth-order valence-corrected chi connectivity index (χ4v) is 2.94. The van der Waals surface area contributed by atoms with Crippen LogP contribution in [0.2, 0.25) is 0 Å². The van der Waals surface area contributed by atoms with Crippen LogP contribution in [-0.4, -0.2) is 34.9 Å². The van der Waals surface area contributed by atoms with Gasteiger partial charge in [0, 0.05) is 25.4 Å². The first-order valence-electron chi connectivity index (χ1n) is 6.44. The third-order valence-corrected chi connectivity index (χ3v) is 4.10. The van der Waals surface area contributed by atoms with E-state index in [1.54, 1.807) is 39.6 Å². The second kappa shape index (κ2) is 5.64. The molecule has 2 aromatic heterocycles. The van der Waals surface area contributed by atoms with Crippen LogP contribution in [0.3, 0.4) is 0 Å². The highest BCUT2D eigenvalue weighted by molar-refractivity contribution is 7.22. The van der Waals surface area contributed by atoms with Crippen LogP contribution in [0, 0.1) is 0 Å². The Bertz CT molecular complexity index is 799. The number of fused-ring (bicyclic) bond motifs is 1. The van der Waals surface area contributed by atoms with Gasteiger partial charge in [0.1, 0.15) is 5.69 Å². The number of benzene rings is 1. The predicted octanol–water partition coefficient (Wildman–Crippen LogP) is 2.30. The van der Waals surface area contributed by atoms with Crippen LogP contribution in [0.25, 0.3) is 10.2 Å². The van der Waals surface area contributed by atoms with Crippen molar-refractivity contribution in [1.29, 1.82) is 0 Å². The molecular formula is C14H14N4O3S. The van der Waals surface area contributed by atoms with Gasteiger partial charge in [0.05, 0.1) is 24.4 Å². The number of methoxy groups -OCH3 is 2. The van der Waals surface area contributed by atoms with Crippen molar-refractivity contribution >= 4 is 32.6 Å². The fourth-order valence-electron chi connectivity index (χ4n) is 2.07. The van der Waals surface area contributed by atoms with Gasteiger partial charge >= 0.3 is 0 Å². The van der Waals surface area contributed by atoms with Crippen LogP contribution in [0.15, 0.2) is 24.4 Å². The molecule has 1 aromatic carbocycles. The molecular weight excluding hydrogens is 304 g/mol. The van der Waals surface area contributed by atoms with Crippen LogP contribution in [0.1, 0.15) is 10.5 Å². The zero-order chi connectivity index (χ0) is 15.7. The monoisotopic (exact) mass is 318 g/mol. The second-order valence-corrected chi connectivity index (χ2v) is 5.52. The molecule has 0 aliphatic heterocycles. The molecule has 1 N–H and O–H groups in total. The van der Waals surface area contributed by atoms with E-state index in [1.165, 1.54) is 16.0 Å². The lowest BCUT2D eigenvalue weighted by Gasteiger charge is -2.05. The van der Waals surface area contributed by atoms with Crippen LogP contribution < -0.4 is 14.8 Å². The maximum Gasteiger partial charge on any atom is 0.275 e. The van der Waals surface area contributed by atoms with Crippen molar-refractivity contribution in [2.24, 2.45) is 7.05 Å². The fraction of sp³-hybridized carbons (Fsp3) is 0.214. The summed E-state index contributed by atoms with van der Waals surface area (Å²) in [6.45, 7) is 0. The summed E-state index contributed by atoms with van der Waals surface area (Å²) >= 11 is 1.37. The van der Waals surface area contributed by atoms with Crippen LogP contribution in [0.4, 0.5) is 5.13 Å². The van der Waals surface area contributed by atoms with Gasteiger partial charge in [-0.15, -0.1) is 0 Å². The maximum atomic E-state index is 12.2. The third kappa shape index (κ3) is 2.48. The summed E-state index contributed by atoms with van der Waals surface area (Å²) in [5.41, 5.74) is 1.21. The molecule has 2 heterocycles. The minimum Gasteiger partial charge on any atom is -0.493 e. The first kappa shape index (κ1) is 14.3. The number of thiazole rings is 1. The lowest BCUT2D eigenvalue weighted by atomic mass is 10.3. The van der Waals surface area contributed by atoms with E-state index in [-0.39, 0.29) is 5.91 Å². The lowest BCUT2D eigenvalue weighted by molar-refractivity contribution is 0.101.